The maximum absolute atomic E-state index is 3.53. The van der Waals surface area contributed by atoms with E-state index in [-0.39, 0.29) is 0 Å². The Morgan fingerprint density at radius 3 is 2.60 bits per heavy atom. The summed E-state index contributed by atoms with van der Waals surface area (Å²) in [6.45, 7) is 2.22. The summed E-state index contributed by atoms with van der Waals surface area (Å²) in [4.78, 5) is 0. The van der Waals surface area contributed by atoms with Crippen molar-refractivity contribution in [2.75, 3.05) is 7.05 Å². The summed E-state index contributed by atoms with van der Waals surface area (Å²) >= 11 is 0. The van der Waals surface area contributed by atoms with Gasteiger partial charge in [-0.1, -0.05) is 61.5 Å². The van der Waals surface area contributed by atoms with Crippen molar-refractivity contribution >= 4 is 0 Å². The van der Waals surface area contributed by atoms with Crippen LogP contribution in [0.5, 0.6) is 0 Å². The topological polar surface area (TPSA) is 12.0 Å². The molecule has 2 aromatic carbocycles. The second-order valence-electron chi connectivity index (χ2n) is 5.78. The summed E-state index contributed by atoms with van der Waals surface area (Å²) < 4.78 is 0. The smallest absolute Gasteiger partial charge is 0.0352 e. The van der Waals surface area contributed by atoms with Gasteiger partial charge in [0.1, 0.15) is 0 Å². The average molecular weight is 265 g/mol. The number of benzene rings is 2. The van der Waals surface area contributed by atoms with Crippen LogP contribution in [0.4, 0.5) is 0 Å². The first-order chi connectivity index (χ1) is 9.83. The van der Waals surface area contributed by atoms with Gasteiger partial charge >= 0.3 is 0 Å². The van der Waals surface area contributed by atoms with Gasteiger partial charge < -0.3 is 5.32 Å². The van der Waals surface area contributed by atoms with Crippen molar-refractivity contribution in [3.05, 3.63) is 71.3 Å². The molecular formula is C19H23N. The number of hydrogen-bond donors (Lipinski definition) is 1. The van der Waals surface area contributed by atoms with E-state index in [2.05, 4.69) is 73.9 Å². The van der Waals surface area contributed by atoms with Crippen molar-refractivity contribution in [3.8, 4) is 0 Å². The monoisotopic (exact) mass is 265 g/mol. The zero-order chi connectivity index (χ0) is 13.9. The van der Waals surface area contributed by atoms with E-state index in [0.717, 1.165) is 18.3 Å². The molecule has 0 amide bonds. The van der Waals surface area contributed by atoms with Gasteiger partial charge in [0.15, 0.2) is 0 Å². The fraction of sp³-hybridized carbons (Fsp3) is 0.368. The Balaban J connectivity index is 1.78. The molecule has 3 rings (SSSR count). The molecule has 3 unspecified atom stereocenters. The van der Waals surface area contributed by atoms with Crippen molar-refractivity contribution in [3.63, 3.8) is 0 Å². The van der Waals surface area contributed by atoms with Gasteiger partial charge in [0.05, 0.1) is 0 Å². The quantitative estimate of drug-likeness (QED) is 0.849. The SMILES string of the molecule is CCc1cccc(C(NC)C2CC2c2ccccc2)c1. The van der Waals surface area contributed by atoms with Crippen LogP contribution in [0.15, 0.2) is 54.6 Å². The number of hydrogen-bond acceptors (Lipinski definition) is 1. The summed E-state index contributed by atoms with van der Waals surface area (Å²) in [5, 5.41) is 3.53. The Morgan fingerprint density at radius 1 is 1.10 bits per heavy atom. The Kier molecular flexibility index (Phi) is 3.88. The van der Waals surface area contributed by atoms with Crippen LogP contribution in [-0.4, -0.2) is 7.05 Å². The highest BCUT2D eigenvalue weighted by Crippen LogP contribution is 2.53. The fourth-order valence-electron chi connectivity index (χ4n) is 3.30. The molecule has 0 aliphatic heterocycles. The second-order valence-corrected chi connectivity index (χ2v) is 5.78. The lowest BCUT2D eigenvalue weighted by Gasteiger charge is -2.18. The van der Waals surface area contributed by atoms with E-state index in [9.17, 15) is 0 Å². The van der Waals surface area contributed by atoms with Crippen LogP contribution in [-0.2, 0) is 6.42 Å². The maximum Gasteiger partial charge on any atom is 0.0352 e. The average Bonchev–Trinajstić information content (AvgIpc) is 3.30. The molecule has 1 N–H and O–H groups in total. The van der Waals surface area contributed by atoms with E-state index >= 15 is 0 Å². The van der Waals surface area contributed by atoms with Crippen molar-refractivity contribution < 1.29 is 0 Å². The molecule has 0 aromatic heterocycles. The molecule has 1 heteroatoms. The zero-order valence-corrected chi connectivity index (χ0v) is 12.3. The maximum atomic E-state index is 3.53. The normalized spacial score (nSPS) is 22.5. The van der Waals surface area contributed by atoms with Crippen LogP contribution < -0.4 is 5.32 Å². The largest absolute Gasteiger partial charge is 0.313 e. The van der Waals surface area contributed by atoms with Gasteiger partial charge in [-0.2, -0.15) is 0 Å². The molecule has 1 fully saturated rings. The summed E-state index contributed by atoms with van der Waals surface area (Å²) in [6.07, 6.45) is 2.41. The molecule has 0 radical (unpaired) electrons. The van der Waals surface area contributed by atoms with Gasteiger partial charge in [0, 0.05) is 6.04 Å². The predicted octanol–water partition coefficient (Wildman–Crippen LogP) is 4.31. The molecule has 3 atom stereocenters. The molecule has 104 valence electrons. The van der Waals surface area contributed by atoms with Crippen LogP contribution in [0.2, 0.25) is 0 Å². The van der Waals surface area contributed by atoms with E-state index in [4.69, 9.17) is 0 Å². The Hall–Kier alpha value is -1.60. The molecular weight excluding hydrogens is 242 g/mol. The highest BCUT2D eigenvalue weighted by Gasteiger charge is 2.43. The van der Waals surface area contributed by atoms with Crippen LogP contribution in [0.3, 0.4) is 0 Å². The summed E-state index contributed by atoms with van der Waals surface area (Å²) in [7, 11) is 2.09. The summed E-state index contributed by atoms with van der Waals surface area (Å²) in [6, 6.07) is 20.4. The standard InChI is InChI=1S/C19H23N/c1-3-14-8-7-11-16(12-14)19(20-2)18-13-17(18)15-9-5-4-6-10-15/h4-12,17-20H,3,13H2,1-2H3. The van der Waals surface area contributed by atoms with Gasteiger partial charge in [0.25, 0.3) is 0 Å². The molecule has 0 heterocycles. The lowest BCUT2D eigenvalue weighted by molar-refractivity contribution is 0.517. The van der Waals surface area contributed by atoms with Crippen molar-refractivity contribution in [2.45, 2.75) is 31.7 Å². The third kappa shape index (κ3) is 2.64. The van der Waals surface area contributed by atoms with Crippen LogP contribution >= 0.6 is 0 Å². The molecule has 1 aliphatic rings. The molecule has 1 saturated carbocycles. The van der Waals surface area contributed by atoms with Crippen molar-refractivity contribution in [1.82, 2.24) is 5.32 Å². The van der Waals surface area contributed by atoms with Gasteiger partial charge in [-0.3, -0.25) is 0 Å². The molecule has 2 aromatic rings. The van der Waals surface area contributed by atoms with Crippen LogP contribution in [0, 0.1) is 5.92 Å². The highest BCUT2D eigenvalue weighted by atomic mass is 14.9. The van der Waals surface area contributed by atoms with Gasteiger partial charge in [-0.05, 0) is 48.4 Å². The van der Waals surface area contributed by atoms with Crippen LogP contribution in [0.25, 0.3) is 0 Å². The Bertz CT molecular complexity index is 561. The summed E-state index contributed by atoms with van der Waals surface area (Å²) in [5.74, 6) is 1.45. The van der Waals surface area contributed by atoms with Gasteiger partial charge in [-0.15, -0.1) is 0 Å². The molecule has 0 spiro atoms. The lowest BCUT2D eigenvalue weighted by atomic mass is 9.97. The lowest BCUT2D eigenvalue weighted by Crippen LogP contribution is -2.19. The molecule has 20 heavy (non-hydrogen) atoms. The first-order valence-corrected chi connectivity index (χ1v) is 7.64. The Labute approximate surface area is 122 Å². The third-order valence-corrected chi connectivity index (χ3v) is 4.53. The van der Waals surface area contributed by atoms with E-state index in [1.165, 1.54) is 23.1 Å². The second kappa shape index (κ2) is 5.80. The van der Waals surface area contributed by atoms with E-state index < -0.39 is 0 Å². The first kappa shape index (κ1) is 13.4. The fourth-order valence-corrected chi connectivity index (χ4v) is 3.30. The highest BCUT2D eigenvalue weighted by molar-refractivity contribution is 5.32. The van der Waals surface area contributed by atoms with E-state index in [1.54, 1.807) is 0 Å². The van der Waals surface area contributed by atoms with Crippen LogP contribution in [0.1, 0.15) is 42.0 Å². The van der Waals surface area contributed by atoms with Gasteiger partial charge in [-0.25, -0.2) is 0 Å². The molecule has 1 nitrogen and oxygen atoms in total. The number of aryl methyl sites for hydroxylation is 1. The third-order valence-electron chi connectivity index (χ3n) is 4.53. The molecule has 0 bridgehead atoms. The minimum absolute atomic E-state index is 0.478. The number of rotatable bonds is 5. The first-order valence-electron chi connectivity index (χ1n) is 7.64. The molecule has 0 saturated heterocycles. The predicted molar refractivity (Wildman–Crippen MR) is 84.9 cm³/mol. The van der Waals surface area contributed by atoms with Crippen molar-refractivity contribution in [2.24, 2.45) is 5.92 Å². The minimum atomic E-state index is 0.478. The minimum Gasteiger partial charge on any atom is -0.313 e. The Morgan fingerprint density at radius 2 is 1.90 bits per heavy atom. The van der Waals surface area contributed by atoms with E-state index in [1.807, 2.05) is 0 Å². The number of nitrogens with one attached hydrogen (secondary N) is 1. The zero-order valence-electron chi connectivity index (χ0n) is 12.3. The van der Waals surface area contributed by atoms with Crippen molar-refractivity contribution in [1.29, 1.82) is 0 Å². The van der Waals surface area contributed by atoms with E-state index in [0.29, 0.717) is 6.04 Å². The summed E-state index contributed by atoms with van der Waals surface area (Å²) in [5.41, 5.74) is 4.36. The molecule has 1 aliphatic carbocycles. The van der Waals surface area contributed by atoms with Gasteiger partial charge in [0.2, 0.25) is 0 Å².